The van der Waals surface area contributed by atoms with Crippen molar-refractivity contribution in [2.24, 2.45) is 7.05 Å². The number of nitrogens with one attached hydrogen (secondary N) is 1. The summed E-state index contributed by atoms with van der Waals surface area (Å²) in [6, 6.07) is 9.86. The van der Waals surface area contributed by atoms with E-state index in [1.165, 1.54) is 0 Å². The van der Waals surface area contributed by atoms with Crippen molar-refractivity contribution < 1.29 is 0 Å². The van der Waals surface area contributed by atoms with Gasteiger partial charge in [-0.1, -0.05) is 18.2 Å². The lowest BCUT2D eigenvalue weighted by molar-refractivity contribution is 0.740. The SMILES string of the molecule is Cc1nn(C)cc1NCc1cnn(-c2ccccc2)n1. The van der Waals surface area contributed by atoms with E-state index in [2.05, 4.69) is 20.6 Å². The number of rotatable bonds is 4. The second-order valence-corrected chi connectivity index (χ2v) is 4.62. The summed E-state index contributed by atoms with van der Waals surface area (Å²) in [7, 11) is 1.91. The van der Waals surface area contributed by atoms with Crippen LogP contribution in [0.5, 0.6) is 0 Å². The summed E-state index contributed by atoms with van der Waals surface area (Å²) in [5, 5.41) is 16.3. The van der Waals surface area contributed by atoms with Crippen molar-refractivity contribution in [3.05, 3.63) is 54.1 Å². The normalized spacial score (nSPS) is 10.7. The molecule has 0 atom stereocenters. The molecule has 0 bridgehead atoms. The summed E-state index contributed by atoms with van der Waals surface area (Å²) in [6.45, 7) is 2.60. The summed E-state index contributed by atoms with van der Waals surface area (Å²) in [5.74, 6) is 0. The van der Waals surface area contributed by atoms with Gasteiger partial charge in [0.2, 0.25) is 0 Å². The molecule has 0 aliphatic carbocycles. The van der Waals surface area contributed by atoms with E-state index in [0.717, 1.165) is 22.8 Å². The van der Waals surface area contributed by atoms with Gasteiger partial charge < -0.3 is 5.32 Å². The van der Waals surface area contributed by atoms with E-state index < -0.39 is 0 Å². The van der Waals surface area contributed by atoms with Gasteiger partial charge in [-0.3, -0.25) is 4.68 Å². The molecule has 6 heteroatoms. The van der Waals surface area contributed by atoms with Crippen molar-refractivity contribution >= 4 is 5.69 Å². The monoisotopic (exact) mass is 268 g/mol. The molecule has 102 valence electrons. The van der Waals surface area contributed by atoms with Gasteiger partial charge in [0.1, 0.15) is 5.69 Å². The summed E-state index contributed by atoms with van der Waals surface area (Å²) >= 11 is 0. The lowest BCUT2D eigenvalue weighted by Crippen LogP contribution is -2.02. The standard InChI is InChI=1S/C14H16N6/c1-11-14(10-19(2)17-11)15-8-12-9-16-20(18-12)13-6-4-3-5-7-13/h3-7,9-10,15H,8H2,1-2H3. The van der Waals surface area contributed by atoms with Gasteiger partial charge >= 0.3 is 0 Å². The van der Waals surface area contributed by atoms with Crippen LogP contribution in [0.3, 0.4) is 0 Å². The Morgan fingerprint density at radius 3 is 2.65 bits per heavy atom. The van der Waals surface area contributed by atoms with E-state index in [0.29, 0.717) is 6.54 Å². The van der Waals surface area contributed by atoms with Crippen LogP contribution < -0.4 is 5.32 Å². The van der Waals surface area contributed by atoms with Crippen molar-refractivity contribution in [2.45, 2.75) is 13.5 Å². The van der Waals surface area contributed by atoms with Crippen molar-refractivity contribution in [2.75, 3.05) is 5.32 Å². The van der Waals surface area contributed by atoms with E-state index in [1.807, 2.05) is 50.5 Å². The van der Waals surface area contributed by atoms with Crippen LogP contribution in [0, 0.1) is 6.92 Å². The molecule has 2 heterocycles. The Morgan fingerprint density at radius 2 is 1.95 bits per heavy atom. The quantitative estimate of drug-likeness (QED) is 0.785. The fourth-order valence-electron chi connectivity index (χ4n) is 2.02. The summed E-state index contributed by atoms with van der Waals surface area (Å²) in [5.41, 5.74) is 3.83. The number of benzene rings is 1. The van der Waals surface area contributed by atoms with Crippen molar-refractivity contribution in [3.8, 4) is 5.69 Å². The van der Waals surface area contributed by atoms with E-state index >= 15 is 0 Å². The van der Waals surface area contributed by atoms with Gasteiger partial charge in [-0.05, 0) is 19.1 Å². The Kier molecular flexibility index (Phi) is 3.20. The Morgan fingerprint density at radius 1 is 1.15 bits per heavy atom. The molecule has 1 N–H and O–H groups in total. The first-order chi connectivity index (χ1) is 9.72. The zero-order chi connectivity index (χ0) is 13.9. The van der Waals surface area contributed by atoms with Crippen LogP contribution in [0.1, 0.15) is 11.4 Å². The summed E-state index contributed by atoms with van der Waals surface area (Å²) < 4.78 is 1.79. The number of hydrogen-bond acceptors (Lipinski definition) is 4. The Labute approximate surface area is 117 Å². The molecule has 0 spiro atoms. The lowest BCUT2D eigenvalue weighted by Gasteiger charge is -2.01. The van der Waals surface area contributed by atoms with Gasteiger partial charge in [-0.2, -0.15) is 20.1 Å². The lowest BCUT2D eigenvalue weighted by atomic mass is 10.3. The molecule has 0 aliphatic rings. The molecule has 2 aromatic heterocycles. The second kappa shape index (κ2) is 5.16. The Bertz CT molecular complexity index is 698. The van der Waals surface area contributed by atoms with Crippen LogP contribution in [0.2, 0.25) is 0 Å². The minimum absolute atomic E-state index is 0.624. The smallest absolute Gasteiger partial charge is 0.102 e. The first kappa shape index (κ1) is 12.4. The number of aryl methyl sites for hydroxylation is 2. The molecule has 0 radical (unpaired) electrons. The number of nitrogens with zero attached hydrogens (tertiary/aromatic N) is 5. The van der Waals surface area contributed by atoms with Crippen LogP contribution in [0.4, 0.5) is 5.69 Å². The molecule has 0 saturated heterocycles. The van der Waals surface area contributed by atoms with Gasteiger partial charge in [0.25, 0.3) is 0 Å². The molecule has 0 aliphatic heterocycles. The maximum atomic E-state index is 4.45. The van der Waals surface area contributed by atoms with Crippen LogP contribution >= 0.6 is 0 Å². The zero-order valence-corrected chi connectivity index (χ0v) is 11.5. The highest BCUT2D eigenvalue weighted by Gasteiger charge is 2.05. The van der Waals surface area contributed by atoms with Crippen molar-refractivity contribution in [1.82, 2.24) is 24.8 Å². The van der Waals surface area contributed by atoms with E-state index in [1.54, 1.807) is 15.7 Å². The first-order valence-electron chi connectivity index (χ1n) is 6.43. The second-order valence-electron chi connectivity index (χ2n) is 4.62. The molecule has 1 aromatic carbocycles. The number of aromatic nitrogens is 5. The maximum absolute atomic E-state index is 4.45. The molecule has 0 fully saturated rings. The highest BCUT2D eigenvalue weighted by Crippen LogP contribution is 2.12. The van der Waals surface area contributed by atoms with E-state index in [9.17, 15) is 0 Å². The summed E-state index contributed by atoms with van der Waals surface area (Å²) in [6.07, 6.45) is 3.72. The average molecular weight is 268 g/mol. The van der Waals surface area contributed by atoms with Gasteiger partial charge in [0.15, 0.2) is 0 Å². The van der Waals surface area contributed by atoms with Gasteiger partial charge in [-0.25, -0.2) is 0 Å². The Balaban J connectivity index is 1.70. The molecule has 0 saturated carbocycles. The summed E-state index contributed by atoms with van der Waals surface area (Å²) in [4.78, 5) is 1.63. The predicted molar refractivity (Wildman–Crippen MR) is 76.6 cm³/mol. The molecule has 6 nitrogen and oxygen atoms in total. The zero-order valence-electron chi connectivity index (χ0n) is 11.5. The third-order valence-corrected chi connectivity index (χ3v) is 3.00. The van der Waals surface area contributed by atoms with Crippen LogP contribution in [0.15, 0.2) is 42.7 Å². The predicted octanol–water partition coefficient (Wildman–Crippen LogP) is 1.92. The van der Waals surface area contributed by atoms with Gasteiger partial charge in [0, 0.05) is 13.2 Å². The fourth-order valence-corrected chi connectivity index (χ4v) is 2.02. The highest BCUT2D eigenvalue weighted by molar-refractivity contribution is 5.45. The average Bonchev–Trinajstić information content (AvgIpc) is 3.04. The van der Waals surface area contributed by atoms with Gasteiger partial charge in [0.05, 0.1) is 29.8 Å². The molecule has 0 unspecified atom stereocenters. The highest BCUT2D eigenvalue weighted by atomic mass is 15.5. The van der Waals surface area contributed by atoms with E-state index in [-0.39, 0.29) is 0 Å². The minimum Gasteiger partial charge on any atom is -0.376 e. The number of hydrogen-bond donors (Lipinski definition) is 1. The van der Waals surface area contributed by atoms with Crippen LogP contribution in [-0.2, 0) is 13.6 Å². The van der Waals surface area contributed by atoms with E-state index in [4.69, 9.17) is 0 Å². The first-order valence-corrected chi connectivity index (χ1v) is 6.43. The molecule has 3 aromatic rings. The van der Waals surface area contributed by atoms with Crippen LogP contribution in [-0.4, -0.2) is 24.8 Å². The topological polar surface area (TPSA) is 60.6 Å². The van der Waals surface area contributed by atoms with Crippen molar-refractivity contribution in [1.29, 1.82) is 0 Å². The number of para-hydroxylation sites is 1. The van der Waals surface area contributed by atoms with Gasteiger partial charge in [-0.15, -0.1) is 0 Å². The number of anilines is 1. The van der Waals surface area contributed by atoms with Crippen molar-refractivity contribution in [3.63, 3.8) is 0 Å². The molecular formula is C14H16N6. The molecular weight excluding hydrogens is 252 g/mol. The molecule has 20 heavy (non-hydrogen) atoms. The fraction of sp³-hybridized carbons (Fsp3) is 0.214. The van der Waals surface area contributed by atoms with Crippen LogP contribution in [0.25, 0.3) is 5.69 Å². The largest absolute Gasteiger partial charge is 0.376 e. The minimum atomic E-state index is 0.624. The Hall–Kier alpha value is -2.63. The molecule has 0 amide bonds. The third-order valence-electron chi connectivity index (χ3n) is 3.00. The maximum Gasteiger partial charge on any atom is 0.102 e. The third kappa shape index (κ3) is 2.54. The molecule has 3 rings (SSSR count).